The van der Waals surface area contributed by atoms with Gasteiger partial charge in [0.25, 0.3) is 0 Å². The second-order valence-electron chi connectivity index (χ2n) is 14.2. The van der Waals surface area contributed by atoms with Gasteiger partial charge in [0.05, 0.1) is 23.5 Å². The summed E-state index contributed by atoms with van der Waals surface area (Å²) >= 11 is 0. The van der Waals surface area contributed by atoms with Gasteiger partial charge in [-0.1, -0.05) is 109 Å². The molecule has 4 rings (SSSR count). The Morgan fingerprint density at radius 1 is 0.436 bits per heavy atom. The van der Waals surface area contributed by atoms with E-state index in [0.717, 1.165) is 25.7 Å². The number of esters is 4. The minimum absolute atomic E-state index is 0.223. The Morgan fingerprint density at radius 3 is 1.20 bits per heavy atom. The number of carbonyl (C=O) groups excluding carboxylic acids is 4. The number of benzene rings is 4. The second-order valence-corrected chi connectivity index (χ2v) is 14.2. The number of unbranched alkanes of at least 4 members (excludes halogenated alkanes) is 10. The average Bonchev–Trinajstić information content (AvgIpc) is 3.19. The van der Waals surface area contributed by atoms with Crippen LogP contribution in [0, 0.1) is 5.92 Å². The summed E-state index contributed by atoms with van der Waals surface area (Å²) in [4.78, 5) is 50.7. The van der Waals surface area contributed by atoms with Gasteiger partial charge in [0, 0.05) is 0 Å². The van der Waals surface area contributed by atoms with Crippen molar-refractivity contribution in [1.82, 2.24) is 0 Å². The van der Waals surface area contributed by atoms with E-state index in [9.17, 15) is 19.2 Å². The van der Waals surface area contributed by atoms with Gasteiger partial charge in [-0.2, -0.15) is 0 Å². The average molecular weight is 749 g/mol. The first kappa shape index (κ1) is 42.5. The van der Waals surface area contributed by atoms with Crippen LogP contribution in [0.3, 0.4) is 0 Å². The maximum Gasteiger partial charge on any atom is 0.343 e. The lowest BCUT2D eigenvalue weighted by molar-refractivity contribution is -0.144. The van der Waals surface area contributed by atoms with Crippen LogP contribution < -0.4 is 18.9 Å². The molecule has 55 heavy (non-hydrogen) atoms. The molecule has 8 nitrogen and oxygen atoms in total. The molecule has 0 bridgehead atoms. The SMILES string of the molecule is CCCCCCCCc1ccc(OC(=O)c2ccc(OC(=O)CC(C)C(=O)Oc3ccc(C(=O)Oc4ccc(CCCCCCCC)cc4)cc3)cc2)cc1. The third-order valence-electron chi connectivity index (χ3n) is 9.41. The van der Waals surface area contributed by atoms with E-state index in [1.54, 1.807) is 31.2 Å². The molecule has 0 saturated carbocycles. The first-order valence-electron chi connectivity index (χ1n) is 20.0. The fraction of sp³-hybridized carbons (Fsp3) is 0.404. The van der Waals surface area contributed by atoms with Crippen LogP contribution in [-0.4, -0.2) is 23.9 Å². The zero-order valence-electron chi connectivity index (χ0n) is 32.7. The Bertz CT molecular complexity index is 1760. The van der Waals surface area contributed by atoms with Crippen molar-refractivity contribution >= 4 is 23.9 Å². The van der Waals surface area contributed by atoms with Gasteiger partial charge in [0.2, 0.25) is 0 Å². The highest BCUT2D eigenvalue weighted by Gasteiger charge is 2.21. The van der Waals surface area contributed by atoms with Crippen LogP contribution >= 0.6 is 0 Å². The molecule has 0 saturated heterocycles. The van der Waals surface area contributed by atoms with Crippen LogP contribution in [0.1, 0.15) is 136 Å². The number of aryl methyl sites for hydroxylation is 2. The normalized spacial score (nSPS) is 11.4. The second kappa shape index (κ2) is 23.5. The van der Waals surface area contributed by atoms with Gasteiger partial charge in [-0.15, -0.1) is 0 Å². The van der Waals surface area contributed by atoms with Crippen molar-refractivity contribution in [3.05, 3.63) is 119 Å². The van der Waals surface area contributed by atoms with Crippen LogP contribution in [0.25, 0.3) is 0 Å². The van der Waals surface area contributed by atoms with Crippen molar-refractivity contribution in [3.63, 3.8) is 0 Å². The fourth-order valence-corrected chi connectivity index (χ4v) is 6.04. The Morgan fingerprint density at radius 2 is 0.782 bits per heavy atom. The molecule has 4 aromatic rings. The van der Waals surface area contributed by atoms with E-state index in [-0.39, 0.29) is 17.9 Å². The van der Waals surface area contributed by atoms with Gasteiger partial charge in [-0.3, -0.25) is 9.59 Å². The van der Waals surface area contributed by atoms with Gasteiger partial charge >= 0.3 is 23.9 Å². The largest absolute Gasteiger partial charge is 0.427 e. The molecule has 0 aliphatic heterocycles. The smallest absolute Gasteiger partial charge is 0.343 e. The Balaban J connectivity index is 1.15. The summed E-state index contributed by atoms with van der Waals surface area (Å²) in [7, 11) is 0. The molecule has 0 amide bonds. The van der Waals surface area contributed by atoms with E-state index >= 15 is 0 Å². The maximum atomic E-state index is 12.7. The lowest BCUT2D eigenvalue weighted by Crippen LogP contribution is -2.23. The highest BCUT2D eigenvalue weighted by molar-refractivity contribution is 5.92. The number of ether oxygens (including phenoxy) is 4. The van der Waals surface area contributed by atoms with Crippen molar-refractivity contribution in [3.8, 4) is 23.0 Å². The molecule has 4 aromatic carbocycles. The summed E-state index contributed by atoms with van der Waals surface area (Å²) in [6, 6.07) is 27.2. The van der Waals surface area contributed by atoms with Gasteiger partial charge in [-0.05, 0) is 110 Å². The topological polar surface area (TPSA) is 105 Å². The molecule has 0 aromatic heterocycles. The van der Waals surface area contributed by atoms with Crippen molar-refractivity contribution in [1.29, 1.82) is 0 Å². The number of carbonyl (C=O) groups is 4. The Labute approximate surface area is 326 Å². The summed E-state index contributed by atoms with van der Waals surface area (Å²) < 4.78 is 21.9. The van der Waals surface area contributed by atoms with E-state index in [1.165, 1.54) is 124 Å². The highest BCUT2D eigenvalue weighted by atomic mass is 16.5. The third kappa shape index (κ3) is 15.6. The molecule has 292 valence electrons. The molecule has 0 heterocycles. The molecule has 1 unspecified atom stereocenters. The zero-order chi connectivity index (χ0) is 39.3. The summed E-state index contributed by atoms with van der Waals surface area (Å²) in [5, 5.41) is 0. The van der Waals surface area contributed by atoms with Gasteiger partial charge in [0.15, 0.2) is 0 Å². The quantitative estimate of drug-likeness (QED) is 0.0419. The fourth-order valence-electron chi connectivity index (χ4n) is 6.04. The van der Waals surface area contributed by atoms with E-state index in [4.69, 9.17) is 18.9 Å². The number of hydrogen-bond donors (Lipinski definition) is 0. The summed E-state index contributed by atoms with van der Waals surface area (Å²) in [5.74, 6) is -1.72. The monoisotopic (exact) mass is 748 g/mol. The Kier molecular flexibility index (Phi) is 18.2. The predicted octanol–water partition coefficient (Wildman–Crippen LogP) is 11.5. The first-order chi connectivity index (χ1) is 26.7. The van der Waals surface area contributed by atoms with Crippen molar-refractivity contribution < 1.29 is 38.1 Å². The lowest BCUT2D eigenvalue weighted by atomic mass is 10.0. The molecule has 0 N–H and O–H groups in total. The van der Waals surface area contributed by atoms with Gasteiger partial charge in [-0.25, -0.2) is 9.59 Å². The van der Waals surface area contributed by atoms with E-state index in [0.29, 0.717) is 22.6 Å². The molecule has 8 heteroatoms. The standard InChI is InChI=1S/C47H56O8/c1-4-6-8-10-12-14-16-36-18-26-41(27-19-36)54-46(50)38-22-30-40(31-23-38)52-44(48)34-35(3)45(49)53-43-32-24-39(25-33-43)47(51)55-42-28-20-37(21-29-42)17-15-13-11-9-7-5-2/h18-33,35H,4-17,34H2,1-3H3. The summed E-state index contributed by atoms with van der Waals surface area (Å²) in [6.07, 6.45) is 16.7. The highest BCUT2D eigenvalue weighted by Crippen LogP contribution is 2.22. The summed E-state index contributed by atoms with van der Waals surface area (Å²) in [6.45, 7) is 6.00. The van der Waals surface area contributed by atoms with Crippen LogP contribution in [-0.2, 0) is 22.4 Å². The Hall–Kier alpha value is -5.24. The van der Waals surface area contributed by atoms with Crippen molar-refractivity contribution in [2.75, 3.05) is 0 Å². The van der Waals surface area contributed by atoms with Crippen LogP contribution in [0.15, 0.2) is 97.1 Å². The molecule has 0 aliphatic carbocycles. The predicted molar refractivity (Wildman–Crippen MR) is 215 cm³/mol. The molecular weight excluding hydrogens is 693 g/mol. The lowest BCUT2D eigenvalue weighted by Gasteiger charge is -2.12. The van der Waals surface area contributed by atoms with Gasteiger partial charge < -0.3 is 18.9 Å². The van der Waals surface area contributed by atoms with E-state index in [1.807, 2.05) is 24.3 Å². The van der Waals surface area contributed by atoms with E-state index in [2.05, 4.69) is 13.8 Å². The molecule has 0 fully saturated rings. The molecule has 0 spiro atoms. The number of rotatable bonds is 23. The van der Waals surface area contributed by atoms with Crippen molar-refractivity contribution in [2.45, 2.75) is 117 Å². The van der Waals surface area contributed by atoms with Crippen molar-refractivity contribution in [2.24, 2.45) is 5.92 Å². The maximum absolute atomic E-state index is 12.7. The minimum atomic E-state index is -0.799. The minimum Gasteiger partial charge on any atom is -0.427 e. The first-order valence-corrected chi connectivity index (χ1v) is 20.0. The van der Waals surface area contributed by atoms with Crippen LogP contribution in [0.5, 0.6) is 23.0 Å². The molecule has 1 atom stereocenters. The van der Waals surface area contributed by atoms with E-state index < -0.39 is 29.8 Å². The van der Waals surface area contributed by atoms with Crippen LogP contribution in [0.4, 0.5) is 0 Å². The molecule has 0 radical (unpaired) electrons. The summed E-state index contributed by atoms with van der Waals surface area (Å²) in [5.41, 5.74) is 3.04. The molecule has 0 aliphatic rings. The zero-order valence-corrected chi connectivity index (χ0v) is 32.7. The third-order valence-corrected chi connectivity index (χ3v) is 9.41. The van der Waals surface area contributed by atoms with Gasteiger partial charge in [0.1, 0.15) is 23.0 Å². The van der Waals surface area contributed by atoms with Crippen LogP contribution in [0.2, 0.25) is 0 Å². The molecular formula is C47H56O8. The number of hydrogen-bond acceptors (Lipinski definition) is 8.